The number of benzene rings is 1. The van der Waals surface area contributed by atoms with Crippen molar-refractivity contribution in [2.45, 2.75) is 25.7 Å². The van der Waals surface area contributed by atoms with Crippen LogP contribution in [-0.2, 0) is 6.42 Å². The summed E-state index contributed by atoms with van der Waals surface area (Å²) in [5.41, 5.74) is 1.42. The van der Waals surface area contributed by atoms with E-state index in [2.05, 4.69) is 42.6 Å². The lowest BCUT2D eigenvalue weighted by Gasteiger charge is -2.12. The van der Waals surface area contributed by atoms with Crippen LogP contribution in [0.1, 0.15) is 30.6 Å². The Bertz CT molecular complexity index is 422. The molecule has 0 amide bonds. The molecule has 2 aromatic rings. The summed E-state index contributed by atoms with van der Waals surface area (Å²) in [6.07, 6.45) is 3.86. The molecule has 0 aliphatic heterocycles. The van der Waals surface area contributed by atoms with Crippen LogP contribution in [0.2, 0.25) is 0 Å². The predicted molar refractivity (Wildman–Crippen MR) is 74.8 cm³/mol. The average Bonchev–Trinajstić information content (AvgIpc) is 2.92. The molecule has 0 bridgehead atoms. The third kappa shape index (κ3) is 4.04. The van der Waals surface area contributed by atoms with E-state index in [4.69, 9.17) is 4.42 Å². The summed E-state index contributed by atoms with van der Waals surface area (Å²) in [6, 6.07) is 14.6. The normalized spacial score (nSPS) is 12.5. The van der Waals surface area contributed by atoms with E-state index in [1.54, 1.807) is 6.26 Å². The molecule has 1 aromatic heterocycles. The Kier molecular flexibility index (Phi) is 5.03. The second-order valence-corrected chi connectivity index (χ2v) is 4.68. The third-order valence-electron chi connectivity index (χ3n) is 3.25. The van der Waals surface area contributed by atoms with Gasteiger partial charge in [-0.05, 0) is 36.6 Å². The molecule has 18 heavy (non-hydrogen) atoms. The van der Waals surface area contributed by atoms with Crippen LogP contribution in [0.3, 0.4) is 0 Å². The lowest BCUT2D eigenvalue weighted by atomic mass is 9.98. The van der Waals surface area contributed by atoms with Crippen molar-refractivity contribution in [1.29, 1.82) is 0 Å². The van der Waals surface area contributed by atoms with Crippen molar-refractivity contribution in [3.8, 4) is 0 Å². The molecule has 1 aromatic carbocycles. The van der Waals surface area contributed by atoms with Gasteiger partial charge in [0.2, 0.25) is 0 Å². The van der Waals surface area contributed by atoms with Crippen molar-refractivity contribution in [2.75, 3.05) is 13.1 Å². The van der Waals surface area contributed by atoms with Crippen LogP contribution >= 0.6 is 0 Å². The molecule has 2 rings (SSSR count). The van der Waals surface area contributed by atoms with Gasteiger partial charge in [0.25, 0.3) is 0 Å². The van der Waals surface area contributed by atoms with Crippen LogP contribution in [0, 0.1) is 0 Å². The largest absolute Gasteiger partial charge is 0.469 e. The van der Waals surface area contributed by atoms with E-state index >= 15 is 0 Å². The molecule has 2 nitrogen and oxygen atoms in total. The van der Waals surface area contributed by atoms with Gasteiger partial charge in [0.05, 0.1) is 6.26 Å². The fourth-order valence-corrected chi connectivity index (χ4v) is 2.06. The van der Waals surface area contributed by atoms with Crippen LogP contribution in [0.5, 0.6) is 0 Å². The van der Waals surface area contributed by atoms with Gasteiger partial charge in [0.1, 0.15) is 5.76 Å². The molecule has 0 aliphatic carbocycles. The zero-order valence-electron chi connectivity index (χ0n) is 10.9. The lowest BCUT2D eigenvalue weighted by Crippen LogP contribution is -2.19. The van der Waals surface area contributed by atoms with Crippen LogP contribution in [0.15, 0.2) is 53.1 Å². The van der Waals surface area contributed by atoms with Gasteiger partial charge in [-0.15, -0.1) is 0 Å². The molecule has 0 saturated heterocycles. The van der Waals surface area contributed by atoms with Gasteiger partial charge in [-0.2, -0.15) is 0 Å². The topological polar surface area (TPSA) is 25.2 Å². The lowest BCUT2D eigenvalue weighted by molar-refractivity contribution is 0.495. The van der Waals surface area contributed by atoms with E-state index < -0.39 is 0 Å². The molecule has 96 valence electrons. The number of furan rings is 1. The summed E-state index contributed by atoms with van der Waals surface area (Å²) in [5, 5.41) is 3.46. The summed E-state index contributed by atoms with van der Waals surface area (Å²) in [6.45, 7) is 4.31. The zero-order valence-corrected chi connectivity index (χ0v) is 10.9. The molecular formula is C16H21NO. The highest BCUT2D eigenvalue weighted by atomic mass is 16.3. The highest BCUT2D eigenvalue weighted by Crippen LogP contribution is 2.17. The first-order chi connectivity index (χ1) is 8.86. The first-order valence-electron chi connectivity index (χ1n) is 6.64. The van der Waals surface area contributed by atoms with E-state index in [1.807, 2.05) is 12.1 Å². The van der Waals surface area contributed by atoms with Gasteiger partial charge in [-0.1, -0.05) is 37.3 Å². The molecule has 0 aliphatic rings. The summed E-state index contributed by atoms with van der Waals surface area (Å²) in [7, 11) is 0. The SMILES string of the molecule is CC(CCNCCc1ccco1)c1ccccc1. The molecule has 1 atom stereocenters. The Morgan fingerprint density at radius 1 is 1.06 bits per heavy atom. The van der Waals surface area contributed by atoms with Crippen LogP contribution in [-0.4, -0.2) is 13.1 Å². The van der Waals surface area contributed by atoms with E-state index in [9.17, 15) is 0 Å². The molecule has 1 heterocycles. The molecule has 1 N–H and O–H groups in total. The van der Waals surface area contributed by atoms with E-state index in [1.165, 1.54) is 12.0 Å². The zero-order chi connectivity index (χ0) is 12.6. The molecule has 0 fully saturated rings. The maximum Gasteiger partial charge on any atom is 0.105 e. The fourth-order valence-electron chi connectivity index (χ4n) is 2.06. The van der Waals surface area contributed by atoms with Crippen molar-refractivity contribution < 1.29 is 4.42 Å². The van der Waals surface area contributed by atoms with Crippen LogP contribution < -0.4 is 5.32 Å². The second kappa shape index (κ2) is 7.02. The van der Waals surface area contributed by atoms with Crippen molar-refractivity contribution >= 4 is 0 Å². The van der Waals surface area contributed by atoms with Gasteiger partial charge in [-0.3, -0.25) is 0 Å². The summed E-state index contributed by atoms with van der Waals surface area (Å²) < 4.78 is 5.29. The number of nitrogens with one attached hydrogen (secondary N) is 1. The Hall–Kier alpha value is -1.54. The van der Waals surface area contributed by atoms with Crippen molar-refractivity contribution in [2.24, 2.45) is 0 Å². The quantitative estimate of drug-likeness (QED) is 0.752. The minimum absolute atomic E-state index is 0.613. The maximum atomic E-state index is 5.29. The second-order valence-electron chi connectivity index (χ2n) is 4.68. The summed E-state index contributed by atoms with van der Waals surface area (Å²) in [4.78, 5) is 0. The molecule has 0 spiro atoms. The molecular weight excluding hydrogens is 222 g/mol. The summed E-state index contributed by atoms with van der Waals surface area (Å²) in [5.74, 6) is 1.67. The van der Waals surface area contributed by atoms with Gasteiger partial charge >= 0.3 is 0 Å². The standard InChI is InChI=1S/C16H21NO/c1-14(15-6-3-2-4-7-15)9-11-17-12-10-16-8-5-13-18-16/h2-8,13-14,17H,9-12H2,1H3. The Balaban J connectivity index is 1.61. The fraction of sp³-hybridized carbons (Fsp3) is 0.375. The Morgan fingerprint density at radius 2 is 1.89 bits per heavy atom. The smallest absolute Gasteiger partial charge is 0.105 e. The first kappa shape index (κ1) is 12.9. The van der Waals surface area contributed by atoms with Gasteiger partial charge in [0, 0.05) is 13.0 Å². The van der Waals surface area contributed by atoms with Crippen molar-refractivity contribution in [3.05, 3.63) is 60.1 Å². The molecule has 0 saturated carbocycles. The average molecular weight is 243 g/mol. The highest BCUT2D eigenvalue weighted by Gasteiger charge is 2.03. The van der Waals surface area contributed by atoms with E-state index in [-0.39, 0.29) is 0 Å². The van der Waals surface area contributed by atoms with Gasteiger partial charge in [-0.25, -0.2) is 0 Å². The monoisotopic (exact) mass is 243 g/mol. The van der Waals surface area contributed by atoms with Gasteiger partial charge in [0.15, 0.2) is 0 Å². The molecule has 0 radical (unpaired) electrons. The molecule has 1 unspecified atom stereocenters. The minimum atomic E-state index is 0.613. The van der Waals surface area contributed by atoms with Gasteiger partial charge < -0.3 is 9.73 Å². The van der Waals surface area contributed by atoms with E-state index in [0.29, 0.717) is 5.92 Å². The number of hydrogen-bond acceptors (Lipinski definition) is 2. The minimum Gasteiger partial charge on any atom is -0.469 e. The van der Waals surface area contributed by atoms with Crippen molar-refractivity contribution in [3.63, 3.8) is 0 Å². The third-order valence-corrected chi connectivity index (χ3v) is 3.25. The van der Waals surface area contributed by atoms with Crippen LogP contribution in [0.4, 0.5) is 0 Å². The highest BCUT2D eigenvalue weighted by molar-refractivity contribution is 5.18. The predicted octanol–water partition coefficient (Wildman–Crippen LogP) is 3.61. The maximum absolute atomic E-state index is 5.29. The Morgan fingerprint density at radius 3 is 2.61 bits per heavy atom. The number of rotatable bonds is 7. The van der Waals surface area contributed by atoms with Crippen LogP contribution in [0.25, 0.3) is 0 Å². The Labute approximate surface area is 109 Å². The van der Waals surface area contributed by atoms with Crippen molar-refractivity contribution in [1.82, 2.24) is 5.32 Å². The number of hydrogen-bond donors (Lipinski definition) is 1. The van der Waals surface area contributed by atoms with E-state index in [0.717, 1.165) is 25.3 Å². The molecule has 2 heteroatoms. The first-order valence-corrected chi connectivity index (χ1v) is 6.64. The summed E-state index contributed by atoms with van der Waals surface area (Å²) >= 11 is 0.